The van der Waals surface area contributed by atoms with Crippen molar-refractivity contribution in [1.82, 2.24) is 14.8 Å². The number of carbonyl (C=O) groups is 1. The molecule has 0 N–H and O–H groups in total. The van der Waals surface area contributed by atoms with E-state index in [1.54, 1.807) is 44.6 Å². The van der Waals surface area contributed by atoms with Crippen LogP contribution in [0.5, 0.6) is 5.75 Å². The predicted octanol–water partition coefficient (Wildman–Crippen LogP) is 3.02. The van der Waals surface area contributed by atoms with Crippen LogP contribution in [0.1, 0.15) is 27.3 Å². The molecule has 0 radical (unpaired) electrons. The lowest BCUT2D eigenvalue weighted by Crippen LogP contribution is -2.11. The molecule has 128 valence electrons. The van der Waals surface area contributed by atoms with E-state index >= 15 is 0 Å². The van der Waals surface area contributed by atoms with Gasteiger partial charge < -0.3 is 4.74 Å². The fourth-order valence-electron chi connectivity index (χ4n) is 2.74. The van der Waals surface area contributed by atoms with Gasteiger partial charge in [0.05, 0.1) is 21.6 Å². The first-order valence-electron chi connectivity index (χ1n) is 7.56. The van der Waals surface area contributed by atoms with Crippen LogP contribution in [0.15, 0.2) is 24.3 Å². The van der Waals surface area contributed by atoms with Crippen LogP contribution in [0.25, 0.3) is 11.0 Å². The molecule has 0 unspecified atom stereocenters. The number of nitro groups is 1. The van der Waals surface area contributed by atoms with Crippen LogP contribution < -0.4 is 4.74 Å². The molecule has 0 fully saturated rings. The summed E-state index contributed by atoms with van der Waals surface area (Å²) in [5, 5.41) is 16.0. The highest BCUT2D eigenvalue weighted by Crippen LogP contribution is 2.30. The van der Waals surface area contributed by atoms with Crippen molar-refractivity contribution >= 4 is 22.7 Å². The van der Waals surface area contributed by atoms with Crippen molar-refractivity contribution in [2.45, 2.75) is 20.8 Å². The van der Waals surface area contributed by atoms with Gasteiger partial charge in [-0.3, -0.25) is 14.8 Å². The molecule has 0 aliphatic rings. The molecule has 8 nitrogen and oxygen atoms in total. The second-order valence-electron chi connectivity index (χ2n) is 5.84. The Kier molecular flexibility index (Phi) is 3.96. The largest absolute Gasteiger partial charge is 0.416 e. The molecule has 0 spiro atoms. The molecule has 0 atom stereocenters. The van der Waals surface area contributed by atoms with E-state index in [1.165, 1.54) is 12.1 Å². The molecule has 0 amide bonds. The van der Waals surface area contributed by atoms with Crippen molar-refractivity contribution in [3.63, 3.8) is 0 Å². The van der Waals surface area contributed by atoms with Crippen molar-refractivity contribution in [2.24, 2.45) is 7.05 Å². The number of nitro benzene ring substituents is 1. The van der Waals surface area contributed by atoms with E-state index < -0.39 is 10.9 Å². The Bertz CT molecular complexity index is 1020. The summed E-state index contributed by atoms with van der Waals surface area (Å²) in [4.78, 5) is 27.7. The number of esters is 1. The van der Waals surface area contributed by atoms with E-state index in [0.717, 1.165) is 5.56 Å². The van der Waals surface area contributed by atoms with Gasteiger partial charge in [-0.15, -0.1) is 0 Å². The number of aromatic nitrogens is 3. The Morgan fingerprint density at radius 1 is 1.24 bits per heavy atom. The Morgan fingerprint density at radius 3 is 2.64 bits per heavy atom. The summed E-state index contributed by atoms with van der Waals surface area (Å²) >= 11 is 0. The minimum absolute atomic E-state index is 0.0841. The molecule has 8 heteroatoms. The van der Waals surface area contributed by atoms with Crippen LogP contribution in [0.4, 0.5) is 5.69 Å². The number of ether oxygens (including phenoxy) is 1. The van der Waals surface area contributed by atoms with E-state index in [-0.39, 0.29) is 17.0 Å². The van der Waals surface area contributed by atoms with E-state index in [4.69, 9.17) is 4.74 Å². The summed E-state index contributed by atoms with van der Waals surface area (Å²) in [5.74, 6) is -0.764. The normalized spacial score (nSPS) is 10.9. The SMILES string of the molecule is Cc1ccc([N+](=O)[O-])c(OC(=O)c2cc(C)nc3c2c(C)nn3C)c1. The molecule has 0 aliphatic carbocycles. The number of hydrogen-bond acceptors (Lipinski definition) is 6. The number of pyridine rings is 1. The average molecular weight is 340 g/mol. The highest BCUT2D eigenvalue weighted by atomic mass is 16.6. The number of fused-ring (bicyclic) bond motifs is 1. The van der Waals surface area contributed by atoms with Crippen LogP contribution in [0.2, 0.25) is 0 Å². The van der Waals surface area contributed by atoms with Crippen molar-refractivity contribution in [1.29, 1.82) is 0 Å². The number of nitrogens with zero attached hydrogens (tertiary/aromatic N) is 4. The standard InChI is InChI=1S/C17H16N4O4/c1-9-5-6-13(21(23)24)14(7-9)25-17(22)12-8-10(2)18-16-15(12)11(3)19-20(16)4/h5-8H,1-4H3. The first-order valence-corrected chi connectivity index (χ1v) is 7.56. The van der Waals surface area contributed by atoms with E-state index in [9.17, 15) is 14.9 Å². The molecule has 25 heavy (non-hydrogen) atoms. The number of hydrogen-bond donors (Lipinski definition) is 0. The van der Waals surface area contributed by atoms with Crippen molar-refractivity contribution in [3.8, 4) is 5.75 Å². The maximum Gasteiger partial charge on any atom is 0.344 e. The highest BCUT2D eigenvalue weighted by molar-refractivity contribution is 6.04. The number of benzene rings is 1. The fraction of sp³-hybridized carbons (Fsp3) is 0.235. The van der Waals surface area contributed by atoms with Crippen LogP contribution in [-0.4, -0.2) is 25.7 Å². The minimum Gasteiger partial charge on any atom is -0.416 e. The lowest BCUT2D eigenvalue weighted by Gasteiger charge is -2.08. The Labute approximate surface area is 143 Å². The smallest absolute Gasteiger partial charge is 0.344 e. The van der Waals surface area contributed by atoms with Crippen molar-refractivity contribution < 1.29 is 14.5 Å². The van der Waals surface area contributed by atoms with E-state index in [1.807, 2.05) is 0 Å². The number of aryl methyl sites for hydroxylation is 4. The molecule has 2 heterocycles. The summed E-state index contributed by atoms with van der Waals surface area (Å²) in [5.41, 5.74) is 2.59. The zero-order valence-electron chi connectivity index (χ0n) is 14.2. The molecule has 3 rings (SSSR count). The molecular weight excluding hydrogens is 324 g/mol. The first-order chi connectivity index (χ1) is 11.8. The summed E-state index contributed by atoms with van der Waals surface area (Å²) in [6, 6.07) is 5.98. The lowest BCUT2D eigenvalue weighted by atomic mass is 10.1. The van der Waals surface area contributed by atoms with Gasteiger partial charge >= 0.3 is 11.7 Å². The predicted molar refractivity (Wildman–Crippen MR) is 90.8 cm³/mol. The summed E-state index contributed by atoms with van der Waals surface area (Å²) < 4.78 is 6.94. The van der Waals surface area contributed by atoms with Gasteiger partial charge in [0, 0.05) is 18.8 Å². The zero-order valence-corrected chi connectivity index (χ0v) is 14.2. The molecule has 2 aromatic heterocycles. The van der Waals surface area contributed by atoms with Gasteiger partial charge in [0.1, 0.15) is 0 Å². The molecule has 1 aromatic carbocycles. The highest BCUT2D eigenvalue weighted by Gasteiger charge is 2.23. The van der Waals surface area contributed by atoms with Gasteiger partial charge in [0.15, 0.2) is 5.65 Å². The van der Waals surface area contributed by atoms with Gasteiger partial charge in [-0.2, -0.15) is 5.10 Å². The lowest BCUT2D eigenvalue weighted by molar-refractivity contribution is -0.385. The third kappa shape index (κ3) is 2.93. The van der Waals surface area contributed by atoms with Crippen molar-refractivity contribution in [3.05, 3.63) is 56.9 Å². The number of rotatable bonds is 3. The topological polar surface area (TPSA) is 100 Å². The van der Waals surface area contributed by atoms with Gasteiger partial charge in [0.2, 0.25) is 5.75 Å². The van der Waals surface area contributed by atoms with Crippen LogP contribution in [0.3, 0.4) is 0 Å². The molecule has 0 saturated carbocycles. The number of carbonyl (C=O) groups excluding carboxylic acids is 1. The van der Waals surface area contributed by atoms with Crippen LogP contribution >= 0.6 is 0 Å². The van der Waals surface area contributed by atoms with Gasteiger partial charge in [-0.25, -0.2) is 9.78 Å². The fourth-order valence-corrected chi connectivity index (χ4v) is 2.74. The maximum absolute atomic E-state index is 12.7. The Morgan fingerprint density at radius 2 is 1.96 bits per heavy atom. The Hall–Kier alpha value is -3.29. The molecule has 3 aromatic rings. The molecule has 0 saturated heterocycles. The van der Waals surface area contributed by atoms with Gasteiger partial charge in [-0.1, -0.05) is 6.07 Å². The van der Waals surface area contributed by atoms with Crippen molar-refractivity contribution in [2.75, 3.05) is 0 Å². The van der Waals surface area contributed by atoms with Crippen LogP contribution in [0, 0.1) is 30.9 Å². The average Bonchev–Trinajstić information content (AvgIpc) is 2.80. The van der Waals surface area contributed by atoms with E-state index in [2.05, 4.69) is 10.1 Å². The minimum atomic E-state index is -0.680. The maximum atomic E-state index is 12.7. The zero-order chi connectivity index (χ0) is 18.3. The van der Waals surface area contributed by atoms with E-state index in [0.29, 0.717) is 22.4 Å². The first kappa shape index (κ1) is 16.6. The summed E-state index contributed by atoms with van der Waals surface area (Å²) in [6.07, 6.45) is 0. The summed E-state index contributed by atoms with van der Waals surface area (Å²) in [6.45, 7) is 5.29. The monoisotopic (exact) mass is 340 g/mol. The Balaban J connectivity index is 2.10. The quantitative estimate of drug-likeness (QED) is 0.314. The molecular formula is C17H16N4O4. The third-order valence-electron chi connectivity index (χ3n) is 3.83. The second-order valence-corrected chi connectivity index (χ2v) is 5.84. The molecule has 0 bridgehead atoms. The second kappa shape index (κ2) is 5.97. The van der Waals surface area contributed by atoms with Crippen LogP contribution in [-0.2, 0) is 7.05 Å². The molecule has 0 aliphatic heterocycles. The third-order valence-corrected chi connectivity index (χ3v) is 3.83. The summed E-state index contributed by atoms with van der Waals surface area (Å²) in [7, 11) is 1.74. The van der Waals surface area contributed by atoms with Gasteiger partial charge in [-0.05, 0) is 38.5 Å². The van der Waals surface area contributed by atoms with Gasteiger partial charge in [0.25, 0.3) is 0 Å².